The lowest BCUT2D eigenvalue weighted by atomic mass is 9.80. The van der Waals surface area contributed by atoms with Gasteiger partial charge in [-0.25, -0.2) is 0 Å². The summed E-state index contributed by atoms with van der Waals surface area (Å²) in [4.78, 5) is 36.5. The molecule has 0 aromatic heterocycles. The molecule has 0 spiro atoms. The van der Waals surface area contributed by atoms with Gasteiger partial charge in [0.1, 0.15) is 11.9 Å². The van der Waals surface area contributed by atoms with Gasteiger partial charge in [0.25, 0.3) is 5.91 Å². The molecule has 1 aromatic rings. The quantitative estimate of drug-likeness (QED) is 0.787. The molecule has 4 rings (SSSR count). The van der Waals surface area contributed by atoms with Crippen LogP contribution in [0.15, 0.2) is 18.2 Å². The molecule has 138 valence electrons. The zero-order valence-electron chi connectivity index (χ0n) is 14.1. The number of rotatable bonds is 5. The molecule has 2 aliphatic carbocycles. The third-order valence-electron chi connectivity index (χ3n) is 5.54. The number of ether oxygens (including phenoxy) is 3. The van der Waals surface area contributed by atoms with Crippen molar-refractivity contribution in [2.45, 2.75) is 18.9 Å². The van der Waals surface area contributed by atoms with Crippen molar-refractivity contribution in [2.75, 3.05) is 19.0 Å². The van der Waals surface area contributed by atoms with E-state index in [4.69, 9.17) is 25.8 Å². The smallest absolute Gasteiger partial charge is 0.310 e. The first-order valence-electron chi connectivity index (χ1n) is 8.48. The van der Waals surface area contributed by atoms with Crippen LogP contribution in [0.2, 0.25) is 5.02 Å². The summed E-state index contributed by atoms with van der Waals surface area (Å²) in [5.41, 5.74) is 0.392. The summed E-state index contributed by atoms with van der Waals surface area (Å²) in [5.74, 6) is -1.57. The van der Waals surface area contributed by atoms with Crippen LogP contribution in [0.5, 0.6) is 5.75 Å². The first-order chi connectivity index (χ1) is 12.5. The second-order valence-electron chi connectivity index (χ2n) is 6.92. The number of amides is 1. The number of fused-ring (bicyclic) bond motifs is 1. The molecule has 1 aromatic carbocycles. The zero-order chi connectivity index (χ0) is 18.4. The molecule has 1 saturated heterocycles. The molecule has 2 saturated carbocycles. The van der Waals surface area contributed by atoms with E-state index in [-0.39, 0.29) is 23.9 Å². The van der Waals surface area contributed by atoms with Crippen molar-refractivity contribution in [3.63, 3.8) is 0 Å². The van der Waals surface area contributed by atoms with Crippen LogP contribution in [0.3, 0.4) is 0 Å². The van der Waals surface area contributed by atoms with E-state index >= 15 is 0 Å². The highest BCUT2D eigenvalue weighted by Gasteiger charge is 2.64. The third kappa shape index (κ3) is 2.80. The summed E-state index contributed by atoms with van der Waals surface area (Å²) in [5, 5.41) is 3.05. The minimum Gasteiger partial charge on any atom is -0.495 e. The third-order valence-corrected chi connectivity index (χ3v) is 5.77. The number of esters is 2. The lowest BCUT2D eigenvalue weighted by molar-refractivity contribution is -0.157. The summed E-state index contributed by atoms with van der Waals surface area (Å²) < 4.78 is 15.6. The monoisotopic (exact) mass is 379 g/mol. The van der Waals surface area contributed by atoms with E-state index in [0.29, 0.717) is 22.9 Å². The minimum absolute atomic E-state index is 0.0415. The molecule has 1 aliphatic heterocycles. The van der Waals surface area contributed by atoms with Crippen LogP contribution in [-0.4, -0.2) is 37.7 Å². The van der Waals surface area contributed by atoms with Gasteiger partial charge < -0.3 is 19.5 Å². The van der Waals surface area contributed by atoms with Crippen LogP contribution in [0.4, 0.5) is 5.69 Å². The fourth-order valence-electron chi connectivity index (χ4n) is 4.52. The van der Waals surface area contributed by atoms with Crippen molar-refractivity contribution in [3.05, 3.63) is 23.2 Å². The van der Waals surface area contributed by atoms with Gasteiger partial charge in [-0.3, -0.25) is 14.4 Å². The number of methoxy groups -OCH3 is 1. The number of hydrogen-bond acceptors (Lipinski definition) is 6. The van der Waals surface area contributed by atoms with Gasteiger partial charge in [0, 0.05) is 10.9 Å². The van der Waals surface area contributed by atoms with Crippen molar-refractivity contribution < 1.29 is 28.6 Å². The molecular weight excluding hydrogens is 362 g/mol. The lowest BCUT2D eigenvalue weighted by Gasteiger charge is -2.22. The Kier molecular flexibility index (Phi) is 4.26. The second-order valence-corrected chi connectivity index (χ2v) is 7.36. The number of hydrogen-bond donors (Lipinski definition) is 1. The van der Waals surface area contributed by atoms with Crippen LogP contribution in [0.25, 0.3) is 0 Å². The summed E-state index contributed by atoms with van der Waals surface area (Å²) in [6.07, 6.45) is 1.48. The van der Waals surface area contributed by atoms with Gasteiger partial charge in [0.2, 0.25) is 0 Å². The number of halogens is 1. The van der Waals surface area contributed by atoms with E-state index in [1.807, 2.05) is 0 Å². The Labute approximate surface area is 154 Å². The molecule has 1 heterocycles. The minimum atomic E-state index is -0.506. The van der Waals surface area contributed by atoms with Gasteiger partial charge in [0.05, 0.1) is 24.6 Å². The fourth-order valence-corrected chi connectivity index (χ4v) is 4.69. The number of benzene rings is 1. The normalized spacial score (nSPS) is 30.8. The van der Waals surface area contributed by atoms with Gasteiger partial charge in [-0.15, -0.1) is 0 Å². The van der Waals surface area contributed by atoms with Crippen LogP contribution >= 0.6 is 11.6 Å². The van der Waals surface area contributed by atoms with E-state index in [9.17, 15) is 14.4 Å². The fraction of sp³-hybridized carbons (Fsp3) is 0.500. The molecule has 7 nitrogen and oxygen atoms in total. The standard InChI is InChI=1S/C18H18ClNO6/c1-24-12-3-2-9(19)6-11(12)20-14(21)7-25-17(22)15-8-4-10-13(5-8)26-18(23)16(10)15/h2-3,6,8,10,13,15-16H,4-5,7H2,1H3,(H,20,21)/t8-,10+,13-,15+,16+/m1/s1. The van der Waals surface area contributed by atoms with Crippen LogP contribution < -0.4 is 10.1 Å². The average Bonchev–Trinajstić information content (AvgIpc) is 3.22. The number of carbonyl (C=O) groups excluding carboxylic acids is 3. The Morgan fingerprint density at radius 1 is 1.35 bits per heavy atom. The largest absolute Gasteiger partial charge is 0.495 e. The molecule has 26 heavy (non-hydrogen) atoms. The van der Waals surface area contributed by atoms with Crippen molar-refractivity contribution in [1.82, 2.24) is 0 Å². The van der Waals surface area contributed by atoms with Crippen molar-refractivity contribution in [1.29, 1.82) is 0 Å². The number of anilines is 1. The number of nitrogens with one attached hydrogen (secondary N) is 1. The maximum absolute atomic E-state index is 12.4. The lowest BCUT2D eigenvalue weighted by Crippen LogP contribution is -2.35. The molecule has 3 aliphatic rings. The molecule has 2 bridgehead atoms. The van der Waals surface area contributed by atoms with E-state index in [1.54, 1.807) is 18.2 Å². The van der Waals surface area contributed by atoms with Gasteiger partial charge in [-0.05, 0) is 37.0 Å². The number of carbonyl (C=O) groups is 3. The topological polar surface area (TPSA) is 90.9 Å². The van der Waals surface area contributed by atoms with Crippen molar-refractivity contribution in [2.24, 2.45) is 23.7 Å². The van der Waals surface area contributed by atoms with E-state index in [2.05, 4.69) is 5.32 Å². The SMILES string of the molecule is COc1ccc(Cl)cc1NC(=O)COC(=O)[C@H]1[C@@H]2C[C@@H]3[C@@H]1C(=O)O[C@@H]3C2. The van der Waals surface area contributed by atoms with Crippen LogP contribution in [-0.2, 0) is 23.9 Å². The first kappa shape index (κ1) is 17.1. The Balaban J connectivity index is 1.36. The summed E-state index contributed by atoms with van der Waals surface area (Å²) in [7, 11) is 1.47. The maximum Gasteiger partial charge on any atom is 0.310 e. The molecule has 3 fully saturated rings. The summed E-state index contributed by atoms with van der Waals surface area (Å²) >= 11 is 5.92. The molecule has 5 atom stereocenters. The predicted molar refractivity (Wildman–Crippen MR) is 90.7 cm³/mol. The van der Waals surface area contributed by atoms with Gasteiger partial charge in [0.15, 0.2) is 6.61 Å². The van der Waals surface area contributed by atoms with Crippen LogP contribution in [0.1, 0.15) is 12.8 Å². The van der Waals surface area contributed by atoms with Gasteiger partial charge in [-0.1, -0.05) is 11.6 Å². The highest BCUT2D eigenvalue weighted by molar-refractivity contribution is 6.31. The molecule has 0 unspecified atom stereocenters. The Morgan fingerprint density at radius 3 is 2.92 bits per heavy atom. The molecule has 1 N–H and O–H groups in total. The van der Waals surface area contributed by atoms with E-state index in [0.717, 1.165) is 6.42 Å². The van der Waals surface area contributed by atoms with Gasteiger partial charge in [-0.2, -0.15) is 0 Å². The molecule has 1 amide bonds. The zero-order valence-corrected chi connectivity index (χ0v) is 14.8. The summed E-state index contributed by atoms with van der Waals surface area (Å²) in [6.45, 7) is -0.437. The Hall–Kier alpha value is -2.28. The molecular formula is C18H18ClNO6. The molecule has 0 radical (unpaired) electrons. The van der Waals surface area contributed by atoms with Crippen LogP contribution in [0, 0.1) is 23.7 Å². The average molecular weight is 380 g/mol. The van der Waals surface area contributed by atoms with E-state index < -0.39 is 30.3 Å². The van der Waals surface area contributed by atoms with E-state index in [1.165, 1.54) is 7.11 Å². The highest BCUT2D eigenvalue weighted by atomic mass is 35.5. The highest BCUT2D eigenvalue weighted by Crippen LogP contribution is 2.57. The molecule has 8 heteroatoms. The Morgan fingerprint density at radius 2 is 2.15 bits per heavy atom. The maximum atomic E-state index is 12.4. The Bertz CT molecular complexity index is 779. The van der Waals surface area contributed by atoms with Crippen molar-refractivity contribution in [3.8, 4) is 5.75 Å². The summed E-state index contributed by atoms with van der Waals surface area (Å²) in [6, 6.07) is 4.81. The second kappa shape index (κ2) is 6.46. The van der Waals surface area contributed by atoms with Crippen molar-refractivity contribution >= 4 is 35.1 Å². The van der Waals surface area contributed by atoms with Gasteiger partial charge >= 0.3 is 11.9 Å². The predicted octanol–water partition coefficient (Wildman–Crippen LogP) is 2.03. The first-order valence-corrected chi connectivity index (χ1v) is 8.86.